The number of rotatable bonds is 3. The number of amides is 2. The van der Waals surface area contributed by atoms with E-state index in [4.69, 9.17) is 25.8 Å². The Hall–Kier alpha value is -2.60. The number of carbonyl (C=O) groups is 1. The maximum Gasteiger partial charge on any atom is 0.326 e. The van der Waals surface area contributed by atoms with Gasteiger partial charge in [-0.1, -0.05) is 11.6 Å². The Morgan fingerprint density at radius 3 is 2.68 bits per heavy atom. The fraction of sp³-hybridized carbons (Fsp3) is 0.278. The molecule has 2 aromatic carbocycles. The summed E-state index contributed by atoms with van der Waals surface area (Å²) in [4.78, 5) is 14.4. The van der Waals surface area contributed by atoms with E-state index >= 15 is 0 Å². The standard InChI is InChI=1S/C18H19ClN2O4/c1-11-10-21(14-8-12(19)4-6-15(14)25-11)18(22)20-13-5-7-16(23-2)17(9-13)24-3/h4-9,11H,10H2,1-3H3,(H,20,22)/t11-/m1/s1. The molecule has 25 heavy (non-hydrogen) atoms. The molecule has 0 spiro atoms. The number of ether oxygens (including phenoxy) is 3. The van der Waals surface area contributed by atoms with Gasteiger partial charge in [0.1, 0.15) is 11.9 Å². The van der Waals surface area contributed by atoms with Crippen LogP contribution in [-0.2, 0) is 0 Å². The van der Waals surface area contributed by atoms with Crippen molar-refractivity contribution < 1.29 is 19.0 Å². The molecule has 2 amide bonds. The lowest BCUT2D eigenvalue weighted by atomic mass is 10.2. The van der Waals surface area contributed by atoms with Crippen LogP contribution in [0.5, 0.6) is 17.2 Å². The van der Waals surface area contributed by atoms with Crippen LogP contribution in [0, 0.1) is 0 Å². The first-order chi connectivity index (χ1) is 12.0. The van der Waals surface area contributed by atoms with Gasteiger partial charge in [-0.2, -0.15) is 0 Å². The van der Waals surface area contributed by atoms with Crippen molar-refractivity contribution >= 4 is 29.0 Å². The topological polar surface area (TPSA) is 60.0 Å². The van der Waals surface area contributed by atoms with Crippen LogP contribution in [0.2, 0.25) is 5.02 Å². The predicted molar refractivity (Wildman–Crippen MR) is 97.5 cm³/mol. The molecule has 0 saturated carbocycles. The molecule has 0 unspecified atom stereocenters. The van der Waals surface area contributed by atoms with Gasteiger partial charge in [0.2, 0.25) is 0 Å². The van der Waals surface area contributed by atoms with E-state index in [9.17, 15) is 4.79 Å². The number of carbonyl (C=O) groups excluding carboxylic acids is 1. The van der Waals surface area contributed by atoms with E-state index in [0.29, 0.717) is 40.2 Å². The second-order valence-corrected chi connectivity index (χ2v) is 6.09. The van der Waals surface area contributed by atoms with E-state index in [1.54, 1.807) is 55.5 Å². The molecule has 132 valence electrons. The lowest BCUT2D eigenvalue weighted by Crippen LogP contribution is -2.44. The Balaban J connectivity index is 1.86. The molecule has 0 fully saturated rings. The van der Waals surface area contributed by atoms with Gasteiger partial charge in [0, 0.05) is 16.8 Å². The van der Waals surface area contributed by atoms with Crippen molar-refractivity contribution in [2.75, 3.05) is 31.0 Å². The number of nitrogens with zero attached hydrogens (tertiary/aromatic N) is 1. The third kappa shape index (κ3) is 3.58. The lowest BCUT2D eigenvalue weighted by molar-refractivity contribution is 0.208. The smallest absolute Gasteiger partial charge is 0.326 e. The van der Waals surface area contributed by atoms with Crippen molar-refractivity contribution in [2.45, 2.75) is 13.0 Å². The normalized spacial score (nSPS) is 15.8. The van der Waals surface area contributed by atoms with Crippen molar-refractivity contribution in [2.24, 2.45) is 0 Å². The van der Waals surface area contributed by atoms with Gasteiger partial charge in [-0.15, -0.1) is 0 Å². The van der Waals surface area contributed by atoms with Crippen molar-refractivity contribution in [3.05, 3.63) is 41.4 Å². The molecule has 3 rings (SSSR count). The summed E-state index contributed by atoms with van der Waals surface area (Å²) in [5.41, 5.74) is 1.24. The first-order valence-corrected chi connectivity index (χ1v) is 8.16. The minimum absolute atomic E-state index is 0.121. The van der Waals surface area contributed by atoms with Crippen LogP contribution >= 0.6 is 11.6 Å². The van der Waals surface area contributed by atoms with E-state index in [1.165, 1.54) is 0 Å². The minimum atomic E-state index is -0.272. The molecule has 0 saturated heterocycles. The van der Waals surface area contributed by atoms with Gasteiger partial charge < -0.3 is 19.5 Å². The summed E-state index contributed by atoms with van der Waals surface area (Å²) >= 11 is 6.07. The third-order valence-corrected chi connectivity index (χ3v) is 4.09. The average Bonchev–Trinajstić information content (AvgIpc) is 2.61. The summed E-state index contributed by atoms with van der Waals surface area (Å²) in [5, 5.41) is 3.41. The number of hydrogen-bond acceptors (Lipinski definition) is 4. The number of hydrogen-bond donors (Lipinski definition) is 1. The zero-order valence-corrected chi connectivity index (χ0v) is 15.0. The molecule has 1 aliphatic heterocycles. The molecule has 1 heterocycles. The summed E-state index contributed by atoms with van der Waals surface area (Å²) in [6.45, 7) is 2.33. The molecule has 1 aliphatic rings. The molecule has 1 N–H and O–H groups in total. The number of benzene rings is 2. The molecule has 7 heteroatoms. The monoisotopic (exact) mass is 362 g/mol. The van der Waals surface area contributed by atoms with E-state index < -0.39 is 0 Å². The van der Waals surface area contributed by atoms with Crippen LogP contribution < -0.4 is 24.4 Å². The van der Waals surface area contributed by atoms with Crippen LogP contribution in [-0.4, -0.2) is 32.9 Å². The number of halogens is 1. The van der Waals surface area contributed by atoms with Gasteiger partial charge in [-0.25, -0.2) is 4.79 Å². The van der Waals surface area contributed by atoms with Crippen molar-refractivity contribution in [1.29, 1.82) is 0 Å². The second-order valence-electron chi connectivity index (χ2n) is 5.65. The summed E-state index contributed by atoms with van der Waals surface area (Å²) in [7, 11) is 3.11. The first-order valence-electron chi connectivity index (χ1n) is 7.78. The van der Waals surface area contributed by atoms with Crippen LogP contribution in [0.1, 0.15) is 6.92 Å². The second kappa shape index (κ2) is 7.11. The van der Waals surface area contributed by atoms with Crippen molar-refractivity contribution in [3.8, 4) is 17.2 Å². The highest BCUT2D eigenvalue weighted by atomic mass is 35.5. The molecule has 6 nitrogen and oxygen atoms in total. The molecule has 0 aliphatic carbocycles. The van der Waals surface area contributed by atoms with Gasteiger partial charge in [0.15, 0.2) is 11.5 Å². The first kappa shape index (κ1) is 17.2. The third-order valence-electron chi connectivity index (χ3n) is 3.86. The van der Waals surface area contributed by atoms with Gasteiger partial charge >= 0.3 is 6.03 Å². The highest BCUT2D eigenvalue weighted by molar-refractivity contribution is 6.31. The molecular weight excluding hydrogens is 344 g/mol. The van der Waals surface area contributed by atoms with Crippen LogP contribution in [0.4, 0.5) is 16.2 Å². The molecule has 0 aromatic heterocycles. The van der Waals surface area contributed by atoms with Crippen molar-refractivity contribution in [3.63, 3.8) is 0 Å². The van der Waals surface area contributed by atoms with Gasteiger partial charge in [-0.3, -0.25) is 4.90 Å². The maximum atomic E-state index is 12.8. The van der Waals surface area contributed by atoms with E-state index in [-0.39, 0.29) is 12.1 Å². The van der Waals surface area contributed by atoms with Crippen LogP contribution in [0.15, 0.2) is 36.4 Å². The summed E-state index contributed by atoms with van der Waals surface area (Å²) in [6.07, 6.45) is -0.121. The highest BCUT2D eigenvalue weighted by Gasteiger charge is 2.28. The Morgan fingerprint density at radius 2 is 1.96 bits per heavy atom. The SMILES string of the molecule is COc1ccc(NC(=O)N2C[C@@H](C)Oc3ccc(Cl)cc32)cc1OC. The number of fused-ring (bicyclic) bond motifs is 1. The quantitative estimate of drug-likeness (QED) is 0.889. The number of urea groups is 1. The summed E-state index contributed by atoms with van der Waals surface area (Å²) in [6, 6.07) is 10.2. The molecular formula is C18H19ClN2O4. The molecule has 2 aromatic rings. The maximum absolute atomic E-state index is 12.8. The van der Waals surface area contributed by atoms with Crippen LogP contribution in [0.3, 0.4) is 0 Å². The number of methoxy groups -OCH3 is 2. The number of nitrogens with one attached hydrogen (secondary N) is 1. The molecule has 0 bridgehead atoms. The Morgan fingerprint density at radius 1 is 1.20 bits per heavy atom. The van der Waals surface area contributed by atoms with E-state index in [2.05, 4.69) is 5.32 Å². The summed E-state index contributed by atoms with van der Waals surface area (Å²) < 4.78 is 16.2. The van der Waals surface area contributed by atoms with E-state index in [0.717, 1.165) is 0 Å². The Kier molecular flexibility index (Phi) is 4.90. The van der Waals surface area contributed by atoms with Gasteiger partial charge in [0.25, 0.3) is 0 Å². The zero-order valence-electron chi connectivity index (χ0n) is 14.2. The summed E-state index contributed by atoms with van der Waals surface area (Å²) in [5.74, 6) is 1.77. The Bertz CT molecular complexity index is 797. The minimum Gasteiger partial charge on any atom is -0.493 e. The molecule has 1 atom stereocenters. The van der Waals surface area contributed by atoms with Crippen molar-refractivity contribution in [1.82, 2.24) is 0 Å². The van der Waals surface area contributed by atoms with E-state index in [1.807, 2.05) is 6.92 Å². The Labute approximate surface area is 151 Å². The van der Waals surface area contributed by atoms with Crippen LogP contribution in [0.25, 0.3) is 0 Å². The number of anilines is 2. The van der Waals surface area contributed by atoms with Gasteiger partial charge in [-0.05, 0) is 37.3 Å². The van der Waals surface area contributed by atoms with Gasteiger partial charge in [0.05, 0.1) is 26.5 Å². The predicted octanol–water partition coefficient (Wildman–Crippen LogP) is 4.18. The highest BCUT2D eigenvalue weighted by Crippen LogP contribution is 2.36. The largest absolute Gasteiger partial charge is 0.493 e. The lowest BCUT2D eigenvalue weighted by Gasteiger charge is -2.33. The average molecular weight is 363 g/mol. The fourth-order valence-corrected chi connectivity index (χ4v) is 2.87. The fourth-order valence-electron chi connectivity index (χ4n) is 2.71. The zero-order chi connectivity index (χ0) is 18.0. The molecule has 0 radical (unpaired) electrons.